The van der Waals surface area contributed by atoms with E-state index in [1.807, 2.05) is 36.4 Å². The fourth-order valence-corrected chi connectivity index (χ4v) is 4.18. The number of benzene rings is 2. The van der Waals surface area contributed by atoms with Crippen LogP contribution < -0.4 is 10.9 Å². The second-order valence-electron chi connectivity index (χ2n) is 7.05. The van der Waals surface area contributed by atoms with Gasteiger partial charge >= 0.3 is 0 Å². The van der Waals surface area contributed by atoms with Crippen LogP contribution in [-0.2, 0) is 11.3 Å². The molecule has 1 heterocycles. The molecule has 0 spiro atoms. The lowest BCUT2D eigenvalue weighted by atomic mass is 10.0. The van der Waals surface area contributed by atoms with Crippen LogP contribution in [0.1, 0.15) is 37.8 Å². The summed E-state index contributed by atoms with van der Waals surface area (Å²) in [4.78, 5) is 30.1. The Bertz CT molecular complexity index is 1040. The van der Waals surface area contributed by atoms with Crippen molar-refractivity contribution in [3.63, 3.8) is 0 Å². The van der Waals surface area contributed by atoms with Gasteiger partial charge in [0.2, 0.25) is 5.91 Å². The van der Waals surface area contributed by atoms with Crippen LogP contribution in [0.4, 0.5) is 0 Å². The Balaban J connectivity index is 1.76. The molecule has 1 amide bonds. The molecule has 2 aromatic carbocycles. The molecule has 3 rings (SSSR count). The van der Waals surface area contributed by atoms with Gasteiger partial charge in [-0.2, -0.15) is 0 Å². The van der Waals surface area contributed by atoms with Gasteiger partial charge in [-0.3, -0.25) is 14.2 Å². The summed E-state index contributed by atoms with van der Waals surface area (Å²) in [6, 6.07) is 17.1. The van der Waals surface area contributed by atoms with Crippen molar-refractivity contribution in [2.24, 2.45) is 0 Å². The number of fused-ring (bicyclic) bond motifs is 1. The van der Waals surface area contributed by atoms with Gasteiger partial charge in [0.25, 0.3) is 5.56 Å². The van der Waals surface area contributed by atoms with Crippen molar-refractivity contribution >= 4 is 28.6 Å². The monoisotopic (exact) mass is 425 g/mol. The molecule has 0 saturated carbocycles. The Hall–Kier alpha value is -2.64. The summed E-state index contributed by atoms with van der Waals surface area (Å²) in [6.07, 6.45) is 2.27. The Morgan fingerprint density at radius 2 is 1.90 bits per heavy atom. The predicted octanol–water partition coefficient (Wildman–Crippen LogP) is 3.53. The summed E-state index contributed by atoms with van der Waals surface area (Å²) >= 11 is 1.25. The van der Waals surface area contributed by atoms with E-state index in [0.717, 1.165) is 18.4 Å². The number of rotatable bonds is 10. The van der Waals surface area contributed by atoms with E-state index in [4.69, 9.17) is 0 Å². The fraction of sp³-hybridized carbons (Fsp3) is 0.348. The second-order valence-corrected chi connectivity index (χ2v) is 8.00. The van der Waals surface area contributed by atoms with Gasteiger partial charge in [-0.25, -0.2) is 4.98 Å². The van der Waals surface area contributed by atoms with Crippen molar-refractivity contribution < 1.29 is 9.90 Å². The van der Waals surface area contributed by atoms with Crippen LogP contribution in [-0.4, -0.2) is 32.9 Å². The topological polar surface area (TPSA) is 84.2 Å². The third-order valence-electron chi connectivity index (χ3n) is 4.81. The molecule has 0 aliphatic heterocycles. The number of nitrogens with one attached hydrogen (secondary N) is 1. The molecule has 2 N–H and O–H groups in total. The number of hydrogen-bond acceptors (Lipinski definition) is 5. The largest absolute Gasteiger partial charge is 0.396 e. The van der Waals surface area contributed by atoms with Crippen molar-refractivity contribution in [1.82, 2.24) is 14.9 Å². The SMILES string of the molecule is CCCC(NC(=O)CSc1nc2ccccc2c(=O)n1CCCO)c1ccccc1. The summed E-state index contributed by atoms with van der Waals surface area (Å²) in [6.45, 7) is 2.44. The van der Waals surface area contributed by atoms with Crippen molar-refractivity contribution in [2.75, 3.05) is 12.4 Å². The third kappa shape index (κ3) is 5.49. The minimum atomic E-state index is -0.148. The molecule has 158 valence electrons. The fourth-order valence-electron chi connectivity index (χ4n) is 3.35. The lowest BCUT2D eigenvalue weighted by molar-refractivity contribution is -0.119. The number of amides is 1. The van der Waals surface area contributed by atoms with Gasteiger partial charge in [0, 0.05) is 13.2 Å². The third-order valence-corrected chi connectivity index (χ3v) is 5.79. The number of carbonyl (C=O) groups is 1. The molecule has 0 bridgehead atoms. The average Bonchev–Trinajstić information content (AvgIpc) is 2.77. The normalized spacial score (nSPS) is 12.1. The number of aliphatic hydroxyl groups excluding tert-OH is 1. The van der Waals surface area contributed by atoms with E-state index in [9.17, 15) is 14.7 Å². The number of hydrogen-bond donors (Lipinski definition) is 2. The first-order valence-electron chi connectivity index (χ1n) is 10.2. The van der Waals surface area contributed by atoms with Gasteiger partial charge in [-0.1, -0.05) is 67.6 Å². The van der Waals surface area contributed by atoms with E-state index in [2.05, 4.69) is 17.2 Å². The van der Waals surface area contributed by atoms with Crippen molar-refractivity contribution in [1.29, 1.82) is 0 Å². The highest BCUT2D eigenvalue weighted by molar-refractivity contribution is 7.99. The minimum Gasteiger partial charge on any atom is -0.396 e. The van der Waals surface area contributed by atoms with Crippen LogP contribution in [0.5, 0.6) is 0 Å². The molecular formula is C23H27N3O3S. The van der Waals surface area contributed by atoms with Crippen molar-refractivity contribution in [2.45, 2.75) is 43.9 Å². The number of para-hydroxylation sites is 1. The zero-order valence-corrected chi connectivity index (χ0v) is 17.9. The van der Waals surface area contributed by atoms with E-state index in [-0.39, 0.29) is 29.9 Å². The first-order valence-corrected chi connectivity index (χ1v) is 11.2. The second kappa shape index (κ2) is 10.9. The summed E-state index contributed by atoms with van der Waals surface area (Å²) in [5.74, 6) is 0.0650. The number of nitrogens with zero attached hydrogens (tertiary/aromatic N) is 2. The Morgan fingerprint density at radius 1 is 1.17 bits per heavy atom. The standard InChI is InChI=1S/C23H27N3O3S/c1-2-9-19(17-10-4-3-5-11-17)24-21(28)16-30-23-25-20-13-7-6-12-18(20)22(29)26(23)14-8-15-27/h3-7,10-13,19,27H,2,8-9,14-16H2,1H3,(H,24,28). The predicted molar refractivity (Wildman–Crippen MR) is 121 cm³/mol. The van der Waals surface area contributed by atoms with Crippen LogP contribution >= 0.6 is 11.8 Å². The van der Waals surface area contributed by atoms with Crippen molar-refractivity contribution in [3.05, 3.63) is 70.5 Å². The smallest absolute Gasteiger partial charge is 0.262 e. The van der Waals surface area contributed by atoms with Gasteiger partial charge in [-0.15, -0.1) is 0 Å². The van der Waals surface area contributed by atoms with Crippen LogP contribution in [0.2, 0.25) is 0 Å². The number of thioether (sulfide) groups is 1. The quantitative estimate of drug-likeness (QED) is 0.383. The van der Waals surface area contributed by atoms with E-state index in [0.29, 0.717) is 29.0 Å². The summed E-state index contributed by atoms with van der Waals surface area (Å²) in [5, 5.41) is 13.3. The maximum absolute atomic E-state index is 12.9. The lowest BCUT2D eigenvalue weighted by Crippen LogP contribution is -2.30. The summed E-state index contributed by atoms with van der Waals surface area (Å²) in [5.41, 5.74) is 1.55. The molecule has 1 unspecified atom stereocenters. The number of aliphatic hydroxyl groups is 1. The summed E-state index contributed by atoms with van der Waals surface area (Å²) in [7, 11) is 0. The van der Waals surface area contributed by atoms with Crippen LogP contribution in [0.3, 0.4) is 0 Å². The minimum absolute atomic E-state index is 0.0143. The van der Waals surface area contributed by atoms with Gasteiger partial charge < -0.3 is 10.4 Å². The molecule has 0 fully saturated rings. The highest BCUT2D eigenvalue weighted by atomic mass is 32.2. The van der Waals surface area contributed by atoms with E-state index in [1.165, 1.54) is 11.8 Å². The molecule has 0 aliphatic carbocycles. The zero-order valence-electron chi connectivity index (χ0n) is 17.1. The van der Waals surface area contributed by atoms with Crippen LogP contribution in [0.15, 0.2) is 64.5 Å². The molecular weight excluding hydrogens is 398 g/mol. The maximum atomic E-state index is 12.9. The summed E-state index contributed by atoms with van der Waals surface area (Å²) < 4.78 is 1.55. The Labute approximate surface area is 180 Å². The lowest BCUT2D eigenvalue weighted by Gasteiger charge is -2.19. The molecule has 7 heteroatoms. The van der Waals surface area contributed by atoms with E-state index in [1.54, 1.807) is 22.8 Å². The molecule has 3 aromatic rings. The molecule has 1 aromatic heterocycles. The molecule has 1 atom stereocenters. The van der Waals surface area contributed by atoms with Crippen molar-refractivity contribution in [3.8, 4) is 0 Å². The zero-order chi connectivity index (χ0) is 21.3. The molecule has 0 saturated heterocycles. The number of aromatic nitrogens is 2. The highest BCUT2D eigenvalue weighted by Crippen LogP contribution is 2.21. The maximum Gasteiger partial charge on any atom is 0.262 e. The molecule has 30 heavy (non-hydrogen) atoms. The van der Waals surface area contributed by atoms with Gasteiger partial charge in [0.1, 0.15) is 0 Å². The number of carbonyl (C=O) groups excluding carboxylic acids is 1. The van der Waals surface area contributed by atoms with Crippen LogP contribution in [0, 0.1) is 0 Å². The van der Waals surface area contributed by atoms with Gasteiger partial charge in [-0.05, 0) is 30.5 Å². The molecule has 0 aliphatic rings. The first kappa shape index (κ1) is 22.1. The average molecular weight is 426 g/mol. The van der Waals surface area contributed by atoms with Gasteiger partial charge in [0.05, 0.1) is 22.7 Å². The van der Waals surface area contributed by atoms with Gasteiger partial charge in [0.15, 0.2) is 5.16 Å². The Morgan fingerprint density at radius 3 is 2.63 bits per heavy atom. The van der Waals surface area contributed by atoms with E-state index >= 15 is 0 Å². The van der Waals surface area contributed by atoms with E-state index < -0.39 is 0 Å². The Kier molecular flexibility index (Phi) is 8.04. The van der Waals surface area contributed by atoms with Crippen LogP contribution in [0.25, 0.3) is 10.9 Å². The first-order chi connectivity index (χ1) is 14.6. The molecule has 0 radical (unpaired) electrons. The molecule has 6 nitrogen and oxygen atoms in total. The highest BCUT2D eigenvalue weighted by Gasteiger charge is 2.16.